The molecule has 1 atom stereocenters. The molecular weight excluding hydrogens is 298 g/mol. The van der Waals surface area contributed by atoms with E-state index in [1.54, 1.807) is 6.08 Å². The van der Waals surface area contributed by atoms with E-state index in [0.29, 0.717) is 6.54 Å². The van der Waals surface area contributed by atoms with Crippen molar-refractivity contribution in [1.82, 2.24) is 4.90 Å². The maximum absolute atomic E-state index is 13.1. The van der Waals surface area contributed by atoms with E-state index in [1.165, 1.54) is 0 Å². The molecule has 0 aliphatic carbocycles. The van der Waals surface area contributed by atoms with Gasteiger partial charge < -0.3 is 4.90 Å². The van der Waals surface area contributed by atoms with Gasteiger partial charge in [0.2, 0.25) is 5.91 Å². The second-order valence-electron chi connectivity index (χ2n) is 6.74. The molecule has 3 nitrogen and oxygen atoms in total. The van der Waals surface area contributed by atoms with Gasteiger partial charge in [0, 0.05) is 30.6 Å². The number of hydrogen-bond acceptors (Lipinski definition) is 2. The first-order chi connectivity index (χ1) is 11.6. The van der Waals surface area contributed by atoms with Gasteiger partial charge in [-0.15, -0.1) is 0 Å². The molecule has 3 rings (SSSR count). The second kappa shape index (κ2) is 7.00. The van der Waals surface area contributed by atoms with Crippen molar-refractivity contribution in [1.29, 1.82) is 0 Å². The third kappa shape index (κ3) is 3.40. The van der Waals surface area contributed by atoms with Crippen molar-refractivity contribution in [2.24, 2.45) is 5.92 Å². The zero-order valence-corrected chi connectivity index (χ0v) is 14.3. The number of carbonyl (C=O) groups excluding carboxylic acids is 2. The molecule has 1 aliphatic heterocycles. The van der Waals surface area contributed by atoms with Gasteiger partial charge in [0.25, 0.3) is 0 Å². The van der Waals surface area contributed by atoms with E-state index in [0.717, 1.165) is 41.3 Å². The first kappa shape index (κ1) is 16.4. The molecule has 1 heterocycles. The summed E-state index contributed by atoms with van der Waals surface area (Å²) in [6.45, 7) is 5.09. The fourth-order valence-corrected chi connectivity index (χ4v) is 3.39. The number of ketones is 1. The number of benzene rings is 2. The number of likely N-dealkylation sites (tertiary alicyclic amines) is 1. The zero-order valence-electron chi connectivity index (χ0n) is 14.3. The summed E-state index contributed by atoms with van der Waals surface area (Å²) < 4.78 is 0. The zero-order chi connectivity index (χ0) is 17.1. The largest absolute Gasteiger partial charge is 0.338 e. The highest BCUT2D eigenvalue weighted by atomic mass is 16.2. The highest BCUT2D eigenvalue weighted by molar-refractivity contribution is 6.09. The SMILES string of the molecule is CC(C)=CC(=O)N1CCCC(C(=O)c2cccc3ccccc23)C1. The predicted octanol–water partition coefficient (Wildman–Crippen LogP) is 4.23. The first-order valence-electron chi connectivity index (χ1n) is 8.52. The Hall–Kier alpha value is -2.42. The fourth-order valence-electron chi connectivity index (χ4n) is 3.39. The van der Waals surface area contributed by atoms with Crippen molar-refractivity contribution >= 4 is 22.5 Å². The summed E-state index contributed by atoms with van der Waals surface area (Å²) in [5.74, 6) is 0.0611. The van der Waals surface area contributed by atoms with Crippen LogP contribution in [0.15, 0.2) is 54.1 Å². The Kier molecular flexibility index (Phi) is 4.79. The Bertz CT molecular complexity index is 797. The molecule has 1 amide bonds. The van der Waals surface area contributed by atoms with Crippen molar-refractivity contribution in [2.45, 2.75) is 26.7 Å². The molecule has 3 heteroatoms. The van der Waals surface area contributed by atoms with Gasteiger partial charge in [0.05, 0.1) is 0 Å². The van der Waals surface area contributed by atoms with Crippen molar-refractivity contribution in [3.8, 4) is 0 Å². The van der Waals surface area contributed by atoms with Crippen LogP contribution in [0.1, 0.15) is 37.0 Å². The lowest BCUT2D eigenvalue weighted by Gasteiger charge is -2.31. The summed E-state index contributed by atoms with van der Waals surface area (Å²) in [6.07, 6.45) is 3.38. The van der Waals surface area contributed by atoms with Crippen molar-refractivity contribution in [2.75, 3.05) is 13.1 Å². The number of nitrogens with zero attached hydrogens (tertiary/aromatic N) is 1. The van der Waals surface area contributed by atoms with Gasteiger partial charge in [-0.3, -0.25) is 9.59 Å². The molecule has 1 saturated heterocycles. The topological polar surface area (TPSA) is 37.4 Å². The summed E-state index contributed by atoms with van der Waals surface area (Å²) in [7, 11) is 0. The molecule has 0 spiro atoms. The summed E-state index contributed by atoms with van der Waals surface area (Å²) in [4.78, 5) is 27.1. The number of fused-ring (bicyclic) bond motifs is 1. The summed E-state index contributed by atoms with van der Waals surface area (Å²) in [5, 5.41) is 2.08. The normalized spacial score (nSPS) is 17.6. The standard InChI is InChI=1S/C21H23NO2/c1-15(2)13-20(23)22-12-6-9-17(14-22)21(24)19-11-5-8-16-7-3-4-10-18(16)19/h3-5,7-8,10-11,13,17H,6,9,12,14H2,1-2H3. The fraction of sp³-hybridized carbons (Fsp3) is 0.333. The van der Waals surface area contributed by atoms with E-state index in [2.05, 4.69) is 0 Å². The van der Waals surface area contributed by atoms with Crippen LogP contribution in [0.3, 0.4) is 0 Å². The molecule has 0 saturated carbocycles. The van der Waals surface area contributed by atoms with E-state index in [9.17, 15) is 9.59 Å². The number of hydrogen-bond donors (Lipinski definition) is 0. The molecular formula is C21H23NO2. The molecule has 0 N–H and O–H groups in total. The van der Waals surface area contributed by atoms with Crippen LogP contribution in [-0.2, 0) is 4.79 Å². The van der Waals surface area contributed by atoms with E-state index in [-0.39, 0.29) is 17.6 Å². The first-order valence-corrected chi connectivity index (χ1v) is 8.52. The number of carbonyl (C=O) groups is 2. The molecule has 2 aromatic rings. The Morgan fingerprint density at radius 1 is 1.08 bits per heavy atom. The van der Waals surface area contributed by atoms with Gasteiger partial charge in [-0.1, -0.05) is 48.0 Å². The average Bonchev–Trinajstić information content (AvgIpc) is 2.60. The monoisotopic (exact) mass is 321 g/mol. The molecule has 0 bridgehead atoms. The Labute approximate surface area is 143 Å². The molecule has 1 fully saturated rings. The molecule has 124 valence electrons. The van der Waals surface area contributed by atoms with E-state index >= 15 is 0 Å². The summed E-state index contributed by atoms with van der Waals surface area (Å²) >= 11 is 0. The number of rotatable bonds is 3. The molecule has 2 aromatic carbocycles. The van der Waals surface area contributed by atoms with Crippen LogP contribution in [0.25, 0.3) is 10.8 Å². The lowest BCUT2D eigenvalue weighted by atomic mass is 9.88. The van der Waals surface area contributed by atoms with Gasteiger partial charge >= 0.3 is 0 Å². The Morgan fingerprint density at radius 3 is 2.62 bits per heavy atom. The number of piperidine rings is 1. The average molecular weight is 321 g/mol. The smallest absolute Gasteiger partial charge is 0.246 e. The van der Waals surface area contributed by atoms with Crippen LogP contribution in [0.5, 0.6) is 0 Å². The van der Waals surface area contributed by atoms with Crippen LogP contribution >= 0.6 is 0 Å². The lowest BCUT2D eigenvalue weighted by molar-refractivity contribution is -0.127. The van der Waals surface area contributed by atoms with Crippen LogP contribution in [-0.4, -0.2) is 29.7 Å². The van der Waals surface area contributed by atoms with Crippen molar-refractivity contribution in [3.05, 3.63) is 59.7 Å². The maximum Gasteiger partial charge on any atom is 0.246 e. The predicted molar refractivity (Wildman–Crippen MR) is 97.0 cm³/mol. The second-order valence-corrected chi connectivity index (χ2v) is 6.74. The minimum Gasteiger partial charge on any atom is -0.338 e. The summed E-state index contributed by atoms with van der Waals surface area (Å²) in [5.41, 5.74) is 1.76. The van der Waals surface area contributed by atoms with Crippen LogP contribution in [0.2, 0.25) is 0 Å². The number of allylic oxidation sites excluding steroid dienone is 1. The van der Waals surface area contributed by atoms with Gasteiger partial charge in [0.1, 0.15) is 0 Å². The highest BCUT2D eigenvalue weighted by Gasteiger charge is 2.29. The third-order valence-electron chi connectivity index (χ3n) is 4.57. The lowest BCUT2D eigenvalue weighted by Crippen LogP contribution is -2.41. The summed E-state index contributed by atoms with van der Waals surface area (Å²) in [6, 6.07) is 13.8. The van der Waals surface area contributed by atoms with E-state index in [4.69, 9.17) is 0 Å². The Morgan fingerprint density at radius 2 is 1.83 bits per heavy atom. The van der Waals surface area contributed by atoms with Crippen molar-refractivity contribution in [3.63, 3.8) is 0 Å². The van der Waals surface area contributed by atoms with E-state index < -0.39 is 0 Å². The number of amides is 1. The van der Waals surface area contributed by atoms with E-state index in [1.807, 2.05) is 61.2 Å². The highest BCUT2D eigenvalue weighted by Crippen LogP contribution is 2.26. The molecule has 0 radical (unpaired) electrons. The molecule has 1 unspecified atom stereocenters. The van der Waals surface area contributed by atoms with Crippen molar-refractivity contribution < 1.29 is 9.59 Å². The minimum absolute atomic E-state index is 0.0189. The molecule has 1 aliphatic rings. The van der Waals surface area contributed by atoms with Gasteiger partial charge in [-0.05, 0) is 37.5 Å². The maximum atomic E-state index is 13.1. The van der Waals surface area contributed by atoms with Gasteiger partial charge in [0.15, 0.2) is 5.78 Å². The quantitative estimate of drug-likeness (QED) is 0.627. The number of Topliss-reactive ketones (excluding diaryl/α,β-unsaturated/α-hetero) is 1. The van der Waals surface area contributed by atoms with Crippen LogP contribution < -0.4 is 0 Å². The van der Waals surface area contributed by atoms with Gasteiger partial charge in [-0.25, -0.2) is 0 Å². The van der Waals surface area contributed by atoms with Gasteiger partial charge in [-0.2, -0.15) is 0 Å². The van der Waals surface area contributed by atoms with Crippen LogP contribution in [0, 0.1) is 5.92 Å². The minimum atomic E-state index is -0.112. The Balaban J connectivity index is 1.84. The van der Waals surface area contributed by atoms with Crippen LogP contribution in [0.4, 0.5) is 0 Å². The molecule has 24 heavy (non-hydrogen) atoms. The third-order valence-corrected chi connectivity index (χ3v) is 4.57. The molecule has 0 aromatic heterocycles.